The number of carbonyl (C=O) groups is 1. The fraction of sp³-hybridized carbons (Fsp3) is 0.941. The Kier molecular flexibility index (Phi) is 42.9. The Balaban J connectivity index is 4.23. The average Bonchev–Trinajstić information content (AvgIpc) is 3.20. The Hall–Kier alpha value is -0.760. The highest BCUT2D eigenvalue weighted by atomic mass is 31.2. The number of allylic oxidation sites excluding steroid dienone is 2. The molecule has 0 aromatic carbocycles. The van der Waals surface area contributed by atoms with Crippen molar-refractivity contribution in [2.24, 2.45) is 0 Å². The SMILES string of the molecule is CCCCCCCCCCCC/C=C\CCCCCCCCCC(=O)NC(COP(=O)([O-])OCC[N+](C)(C)C)C(O)CCCCCCCCCCCCCCCCCCC. The number of rotatable bonds is 48. The van der Waals surface area contributed by atoms with Crippen LogP contribution in [0.3, 0.4) is 0 Å². The van der Waals surface area contributed by atoms with Crippen LogP contribution in [0.2, 0.25) is 0 Å². The molecule has 0 fully saturated rings. The van der Waals surface area contributed by atoms with Crippen molar-refractivity contribution in [3.63, 3.8) is 0 Å². The van der Waals surface area contributed by atoms with Crippen molar-refractivity contribution < 1.29 is 32.9 Å². The van der Waals surface area contributed by atoms with Gasteiger partial charge in [-0.15, -0.1) is 0 Å². The number of aliphatic hydroxyl groups excluding tert-OH is 1. The quantitative estimate of drug-likeness (QED) is 0.0273. The third-order valence-corrected chi connectivity index (χ3v) is 13.0. The molecule has 358 valence electrons. The van der Waals surface area contributed by atoms with Crippen LogP contribution >= 0.6 is 7.82 Å². The predicted octanol–water partition coefficient (Wildman–Crippen LogP) is 14.5. The summed E-state index contributed by atoms with van der Waals surface area (Å²) in [6.07, 6.45) is 50.8. The minimum atomic E-state index is -4.57. The number of hydrogen-bond donors (Lipinski definition) is 2. The van der Waals surface area contributed by atoms with Gasteiger partial charge in [-0.2, -0.15) is 0 Å². The van der Waals surface area contributed by atoms with Crippen LogP contribution in [0.1, 0.15) is 258 Å². The number of nitrogens with zero attached hydrogens (tertiary/aromatic N) is 1. The van der Waals surface area contributed by atoms with E-state index in [-0.39, 0.29) is 19.1 Å². The molecule has 1 amide bonds. The summed E-state index contributed by atoms with van der Waals surface area (Å²) in [5, 5.41) is 14.0. The first-order valence-electron chi connectivity index (χ1n) is 26.0. The maximum atomic E-state index is 12.9. The van der Waals surface area contributed by atoms with Crippen LogP contribution < -0.4 is 10.2 Å². The summed E-state index contributed by atoms with van der Waals surface area (Å²) in [5.74, 6) is -0.165. The molecule has 0 rings (SSSR count). The Morgan fingerprint density at radius 1 is 0.567 bits per heavy atom. The third kappa shape index (κ3) is 45.3. The normalized spacial score (nSPS) is 14.2. The van der Waals surface area contributed by atoms with Crippen LogP contribution in [0.4, 0.5) is 0 Å². The molecule has 3 unspecified atom stereocenters. The van der Waals surface area contributed by atoms with Gasteiger partial charge in [-0.3, -0.25) is 9.36 Å². The molecule has 0 radical (unpaired) electrons. The molecule has 0 saturated heterocycles. The van der Waals surface area contributed by atoms with Crippen LogP contribution in [0, 0.1) is 0 Å². The predicted molar refractivity (Wildman–Crippen MR) is 256 cm³/mol. The maximum Gasteiger partial charge on any atom is 0.268 e. The monoisotopic (exact) mass is 871 g/mol. The topological polar surface area (TPSA) is 108 Å². The molecular weight excluding hydrogens is 768 g/mol. The molecule has 0 heterocycles. The summed E-state index contributed by atoms with van der Waals surface area (Å²) in [7, 11) is 1.31. The Bertz CT molecular complexity index is 989. The first-order valence-corrected chi connectivity index (χ1v) is 27.5. The van der Waals surface area contributed by atoms with E-state index in [4.69, 9.17) is 9.05 Å². The van der Waals surface area contributed by atoms with Gasteiger partial charge < -0.3 is 28.8 Å². The molecule has 0 aromatic heterocycles. The molecule has 60 heavy (non-hydrogen) atoms. The van der Waals surface area contributed by atoms with Crippen molar-refractivity contribution in [2.75, 3.05) is 40.9 Å². The van der Waals surface area contributed by atoms with Crippen LogP contribution in [0.5, 0.6) is 0 Å². The molecular formula is C51H103N2O6P. The van der Waals surface area contributed by atoms with Crippen LogP contribution in [-0.4, -0.2) is 68.5 Å². The van der Waals surface area contributed by atoms with Gasteiger partial charge in [0, 0.05) is 6.42 Å². The second-order valence-corrected chi connectivity index (χ2v) is 20.6. The molecule has 0 aliphatic rings. The fourth-order valence-corrected chi connectivity index (χ4v) is 8.58. The molecule has 0 aliphatic carbocycles. The number of quaternary nitrogens is 1. The van der Waals surface area contributed by atoms with E-state index in [1.807, 2.05) is 21.1 Å². The summed E-state index contributed by atoms with van der Waals surface area (Å²) in [5.41, 5.74) is 0. The van der Waals surface area contributed by atoms with Gasteiger partial charge in [0.1, 0.15) is 13.2 Å². The highest BCUT2D eigenvalue weighted by Gasteiger charge is 2.24. The highest BCUT2D eigenvalue weighted by Crippen LogP contribution is 2.38. The van der Waals surface area contributed by atoms with E-state index in [0.29, 0.717) is 23.9 Å². The van der Waals surface area contributed by atoms with Gasteiger partial charge in [0.05, 0.1) is 39.9 Å². The van der Waals surface area contributed by atoms with Crippen molar-refractivity contribution >= 4 is 13.7 Å². The Labute approximate surface area is 373 Å². The first-order chi connectivity index (χ1) is 29.0. The molecule has 0 saturated carbocycles. The Morgan fingerprint density at radius 2 is 0.917 bits per heavy atom. The molecule has 8 nitrogen and oxygen atoms in total. The van der Waals surface area contributed by atoms with Gasteiger partial charge in [0.25, 0.3) is 7.82 Å². The minimum absolute atomic E-state index is 0.0135. The van der Waals surface area contributed by atoms with E-state index in [2.05, 4.69) is 31.3 Å². The van der Waals surface area contributed by atoms with Gasteiger partial charge in [-0.05, 0) is 38.5 Å². The summed E-state index contributed by atoms with van der Waals surface area (Å²) >= 11 is 0. The van der Waals surface area contributed by atoms with Crippen LogP contribution in [0.25, 0.3) is 0 Å². The van der Waals surface area contributed by atoms with Gasteiger partial charge in [-0.1, -0.05) is 225 Å². The van der Waals surface area contributed by atoms with Crippen molar-refractivity contribution in [2.45, 2.75) is 270 Å². The van der Waals surface area contributed by atoms with E-state index in [1.165, 1.54) is 193 Å². The lowest BCUT2D eigenvalue weighted by Gasteiger charge is -2.30. The number of hydrogen-bond acceptors (Lipinski definition) is 6. The van der Waals surface area contributed by atoms with Gasteiger partial charge >= 0.3 is 0 Å². The number of carbonyl (C=O) groups excluding carboxylic acids is 1. The number of phosphoric ester groups is 1. The second-order valence-electron chi connectivity index (χ2n) is 19.2. The van der Waals surface area contributed by atoms with E-state index in [9.17, 15) is 19.4 Å². The zero-order valence-electron chi connectivity index (χ0n) is 40.7. The molecule has 0 aromatic rings. The number of amides is 1. The van der Waals surface area contributed by atoms with Gasteiger partial charge in [-0.25, -0.2) is 0 Å². The lowest BCUT2D eigenvalue weighted by molar-refractivity contribution is -0.870. The molecule has 3 atom stereocenters. The third-order valence-electron chi connectivity index (χ3n) is 12.0. The van der Waals surface area contributed by atoms with E-state index < -0.39 is 20.0 Å². The van der Waals surface area contributed by atoms with E-state index in [0.717, 1.165) is 38.5 Å². The zero-order valence-corrected chi connectivity index (χ0v) is 41.6. The summed E-state index contributed by atoms with van der Waals surface area (Å²) in [6.45, 7) is 4.75. The van der Waals surface area contributed by atoms with Gasteiger partial charge in [0.2, 0.25) is 5.91 Å². The Morgan fingerprint density at radius 3 is 1.30 bits per heavy atom. The number of aliphatic hydroxyl groups is 1. The standard InChI is InChI=1S/C51H103N2O6P/c1-6-8-10-12-14-16-18-20-22-24-25-26-27-29-31-33-35-37-39-41-43-45-51(55)52-49(48-59-60(56,57)58-47-46-53(3,4)5)50(54)44-42-40-38-36-34-32-30-28-23-21-19-17-15-13-11-9-7-2/h26-27,49-50,54H,6-25,28-48H2,1-5H3,(H-,52,55,56,57)/b27-26-. The van der Waals surface area contributed by atoms with Crippen molar-refractivity contribution in [1.29, 1.82) is 0 Å². The van der Waals surface area contributed by atoms with E-state index >= 15 is 0 Å². The molecule has 0 spiro atoms. The van der Waals surface area contributed by atoms with Crippen LogP contribution in [-0.2, 0) is 18.4 Å². The number of unbranched alkanes of at least 4 members (excludes halogenated alkanes) is 33. The van der Waals surface area contributed by atoms with Crippen LogP contribution in [0.15, 0.2) is 12.2 Å². The molecule has 0 aliphatic heterocycles. The molecule has 2 N–H and O–H groups in total. The smallest absolute Gasteiger partial charge is 0.268 e. The molecule has 9 heteroatoms. The average molecular weight is 871 g/mol. The lowest BCUT2D eigenvalue weighted by Crippen LogP contribution is -2.46. The second kappa shape index (κ2) is 43.5. The molecule has 0 bridgehead atoms. The minimum Gasteiger partial charge on any atom is -0.756 e. The van der Waals surface area contributed by atoms with Crippen molar-refractivity contribution in [3.8, 4) is 0 Å². The largest absolute Gasteiger partial charge is 0.756 e. The highest BCUT2D eigenvalue weighted by molar-refractivity contribution is 7.45. The summed E-state index contributed by atoms with van der Waals surface area (Å²) in [4.78, 5) is 25.4. The summed E-state index contributed by atoms with van der Waals surface area (Å²) < 4.78 is 23.4. The van der Waals surface area contributed by atoms with Gasteiger partial charge in [0.15, 0.2) is 0 Å². The lowest BCUT2D eigenvalue weighted by atomic mass is 10.0. The fourth-order valence-electron chi connectivity index (χ4n) is 7.86. The zero-order chi connectivity index (χ0) is 44.3. The number of phosphoric acid groups is 1. The number of likely N-dealkylation sites (N-methyl/N-ethyl adjacent to an activating group) is 1. The van der Waals surface area contributed by atoms with Crippen molar-refractivity contribution in [3.05, 3.63) is 12.2 Å². The first kappa shape index (κ1) is 59.2. The van der Waals surface area contributed by atoms with E-state index in [1.54, 1.807) is 0 Å². The maximum absolute atomic E-state index is 12.9. The number of nitrogens with one attached hydrogen (secondary N) is 1. The van der Waals surface area contributed by atoms with Crippen molar-refractivity contribution in [1.82, 2.24) is 5.32 Å². The summed E-state index contributed by atoms with van der Waals surface area (Å²) in [6, 6.07) is -0.799.